The lowest BCUT2D eigenvalue weighted by atomic mass is 10.0. The molecule has 8 heteroatoms. The fourth-order valence-electron chi connectivity index (χ4n) is 4.79. The minimum absolute atomic E-state index is 0.00136. The Hall–Kier alpha value is -3.78. The van der Waals surface area contributed by atoms with Crippen LogP contribution in [-0.2, 0) is 13.5 Å². The molecule has 0 saturated carbocycles. The number of hydrogen-bond donors (Lipinski definition) is 1. The van der Waals surface area contributed by atoms with Crippen molar-refractivity contribution in [2.45, 2.75) is 25.3 Å². The zero-order valence-electron chi connectivity index (χ0n) is 20.5. The molecule has 3 aromatic heterocycles. The van der Waals surface area contributed by atoms with Gasteiger partial charge in [0.05, 0.1) is 5.52 Å². The molecule has 5 rings (SSSR count). The lowest BCUT2D eigenvalue weighted by molar-refractivity contribution is 0.0992. The third-order valence-corrected chi connectivity index (χ3v) is 6.85. The molecule has 1 fully saturated rings. The lowest BCUT2D eigenvalue weighted by Gasteiger charge is -2.36. The molecular formula is C27H31N7O. The molecule has 0 radical (unpaired) electrons. The van der Waals surface area contributed by atoms with E-state index < -0.39 is 0 Å². The first-order valence-electron chi connectivity index (χ1n) is 12.0. The summed E-state index contributed by atoms with van der Waals surface area (Å²) in [6.07, 6.45) is 6.05. The molecule has 0 amide bonds. The van der Waals surface area contributed by atoms with Crippen LogP contribution in [0.4, 0.5) is 11.6 Å². The van der Waals surface area contributed by atoms with Crippen LogP contribution < -0.4 is 10.6 Å². The van der Waals surface area contributed by atoms with Gasteiger partial charge in [0.2, 0.25) is 0 Å². The zero-order chi connectivity index (χ0) is 24.5. The van der Waals surface area contributed by atoms with E-state index in [2.05, 4.69) is 33.4 Å². The number of Topliss-reactive ketones (excluding diaryl/α,β-unsaturated/α-hetero) is 1. The Kier molecular flexibility index (Phi) is 6.21. The molecule has 0 spiro atoms. The van der Waals surface area contributed by atoms with Crippen LogP contribution in [0.25, 0.3) is 22.4 Å². The van der Waals surface area contributed by atoms with Crippen LogP contribution in [0.15, 0.2) is 54.9 Å². The molecule has 4 heterocycles. The van der Waals surface area contributed by atoms with E-state index in [-0.39, 0.29) is 12.2 Å². The average molecular weight is 470 g/mol. The number of aromatic nitrogens is 4. The molecule has 0 bridgehead atoms. The van der Waals surface area contributed by atoms with Gasteiger partial charge in [-0.1, -0.05) is 18.2 Å². The predicted molar refractivity (Wildman–Crippen MR) is 140 cm³/mol. The molecule has 1 aliphatic heterocycles. The Labute approximate surface area is 205 Å². The minimum Gasteiger partial charge on any atom is -0.384 e. The molecule has 180 valence electrons. The van der Waals surface area contributed by atoms with Crippen LogP contribution in [0.3, 0.4) is 0 Å². The first-order chi connectivity index (χ1) is 16.9. The summed E-state index contributed by atoms with van der Waals surface area (Å²) in [5, 5.41) is 0. The second-order valence-corrected chi connectivity index (χ2v) is 9.49. The summed E-state index contributed by atoms with van der Waals surface area (Å²) in [6.45, 7) is 1.92. The van der Waals surface area contributed by atoms with E-state index >= 15 is 0 Å². The fourth-order valence-corrected chi connectivity index (χ4v) is 4.79. The highest BCUT2D eigenvalue weighted by Gasteiger charge is 2.24. The lowest BCUT2D eigenvalue weighted by Crippen LogP contribution is -2.42. The normalized spacial score (nSPS) is 14.7. The highest BCUT2D eigenvalue weighted by molar-refractivity contribution is 5.97. The number of fused-ring (bicyclic) bond motifs is 1. The largest absolute Gasteiger partial charge is 0.384 e. The van der Waals surface area contributed by atoms with E-state index in [4.69, 9.17) is 15.7 Å². The van der Waals surface area contributed by atoms with Gasteiger partial charge in [0.1, 0.15) is 11.3 Å². The van der Waals surface area contributed by atoms with E-state index in [1.165, 1.54) is 6.20 Å². The van der Waals surface area contributed by atoms with Gasteiger partial charge in [-0.15, -0.1) is 0 Å². The summed E-state index contributed by atoms with van der Waals surface area (Å²) in [4.78, 5) is 31.4. The van der Waals surface area contributed by atoms with E-state index in [0.717, 1.165) is 53.9 Å². The number of rotatable bonds is 6. The number of nitrogen functional groups attached to an aromatic ring is 1. The van der Waals surface area contributed by atoms with Gasteiger partial charge in [-0.25, -0.2) is 15.0 Å². The number of nitrogens with two attached hydrogens (primary N) is 1. The zero-order valence-corrected chi connectivity index (χ0v) is 20.5. The summed E-state index contributed by atoms with van der Waals surface area (Å²) >= 11 is 0. The highest BCUT2D eigenvalue weighted by Crippen LogP contribution is 2.30. The Morgan fingerprint density at radius 1 is 1.11 bits per heavy atom. The van der Waals surface area contributed by atoms with Gasteiger partial charge in [-0.05, 0) is 56.8 Å². The van der Waals surface area contributed by atoms with E-state index in [1.807, 2.05) is 43.6 Å². The molecule has 1 saturated heterocycles. The van der Waals surface area contributed by atoms with Crippen LogP contribution >= 0.6 is 0 Å². The maximum absolute atomic E-state index is 12.8. The number of anilines is 2. The van der Waals surface area contributed by atoms with Gasteiger partial charge in [0.15, 0.2) is 17.4 Å². The molecule has 8 nitrogen and oxygen atoms in total. The van der Waals surface area contributed by atoms with Crippen molar-refractivity contribution in [2.24, 2.45) is 7.05 Å². The van der Waals surface area contributed by atoms with Crippen molar-refractivity contribution in [3.63, 3.8) is 0 Å². The SMILES string of the molecule is CN(C)C1CCN(c2nc(-c3cccc(CC(=O)c4ccc(N)nc4)c3)nc3ccn(C)c23)CC1. The molecule has 35 heavy (non-hydrogen) atoms. The summed E-state index contributed by atoms with van der Waals surface area (Å²) < 4.78 is 2.10. The molecule has 0 atom stereocenters. The maximum Gasteiger partial charge on any atom is 0.168 e. The molecular weight excluding hydrogens is 438 g/mol. The van der Waals surface area contributed by atoms with Crippen molar-refractivity contribution in [2.75, 3.05) is 37.8 Å². The van der Waals surface area contributed by atoms with E-state index in [1.54, 1.807) is 12.1 Å². The van der Waals surface area contributed by atoms with E-state index in [9.17, 15) is 4.79 Å². The van der Waals surface area contributed by atoms with Crippen molar-refractivity contribution in [3.05, 3.63) is 66.0 Å². The molecule has 0 aliphatic carbocycles. The third kappa shape index (κ3) is 4.74. The van der Waals surface area contributed by atoms with Crippen molar-refractivity contribution in [1.29, 1.82) is 0 Å². The fraction of sp³-hybridized carbons (Fsp3) is 0.333. The van der Waals surface area contributed by atoms with Crippen molar-refractivity contribution in [1.82, 2.24) is 24.4 Å². The topological polar surface area (TPSA) is 93.2 Å². The Balaban J connectivity index is 1.45. The predicted octanol–water partition coefficient (Wildman–Crippen LogP) is 3.57. The smallest absolute Gasteiger partial charge is 0.168 e. The molecule has 4 aromatic rings. The number of pyridine rings is 1. The van der Waals surface area contributed by atoms with Crippen LogP contribution in [0.2, 0.25) is 0 Å². The second kappa shape index (κ2) is 9.46. The van der Waals surface area contributed by atoms with Crippen LogP contribution in [-0.4, -0.2) is 63.4 Å². The Morgan fingerprint density at radius 3 is 2.63 bits per heavy atom. The van der Waals surface area contributed by atoms with Gasteiger partial charge < -0.3 is 20.1 Å². The average Bonchev–Trinajstić information content (AvgIpc) is 3.24. The van der Waals surface area contributed by atoms with Crippen molar-refractivity contribution in [3.8, 4) is 11.4 Å². The maximum atomic E-state index is 12.8. The van der Waals surface area contributed by atoms with Crippen molar-refractivity contribution >= 4 is 28.5 Å². The number of ketones is 1. The summed E-state index contributed by atoms with van der Waals surface area (Å²) in [7, 11) is 6.35. The van der Waals surface area contributed by atoms with Crippen molar-refractivity contribution < 1.29 is 4.79 Å². The standard InChI is InChI=1S/C27H31N7O/c1-32(2)21-9-13-34(14-10-21)27-25-22(11-12-33(25)3)30-26(31-27)19-6-4-5-18(15-19)16-23(35)20-7-8-24(28)29-17-20/h4-8,11-12,15,17,21H,9-10,13-14,16H2,1-3H3,(H2,28,29). The number of hydrogen-bond acceptors (Lipinski definition) is 7. The molecule has 1 aliphatic rings. The Bertz CT molecular complexity index is 1350. The minimum atomic E-state index is -0.00136. The monoisotopic (exact) mass is 469 g/mol. The first-order valence-corrected chi connectivity index (χ1v) is 12.0. The number of carbonyl (C=O) groups is 1. The number of piperidine rings is 1. The van der Waals surface area contributed by atoms with Gasteiger partial charge in [-0.3, -0.25) is 4.79 Å². The van der Waals surface area contributed by atoms with Crippen LogP contribution in [0.5, 0.6) is 0 Å². The van der Waals surface area contributed by atoms with Gasteiger partial charge in [0, 0.05) is 56.1 Å². The number of benzene rings is 1. The quantitative estimate of drug-likeness (QED) is 0.432. The summed E-state index contributed by atoms with van der Waals surface area (Å²) in [5.41, 5.74) is 10.00. The summed E-state index contributed by atoms with van der Waals surface area (Å²) in [5.74, 6) is 2.05. The molecule has 2 N–H and O–H groups in total. The van der Waals surface area contributed by atoms with E-state index in [0.29, 0.717) is 23.2 Å². The third-order valence-electron chi connectivity index (χ3n) is 6.85. The first kappa shape index (κ1) is 23.0. The van der Waals surface area contributed by atoms with Crippen LogP contribution in [0.1, 0.15) is 28.8 Å². The van der Waals surface area contributed by atoms with Crippen LogP contribution in [0, 0.1) is 0 Å². The highest BCUT2D eigenvalue weighted by atomic mass is 16.1. The van der Waals surface area contributed by atoms with Gasteiger partial charge >= 0.3 is 0 Å². The van der Waals surface area contributed by atoms with Gasteiger partial charge in [0.25, 0.3) is 0 Å². The molecule has 0 unspecified atom stereocenters. The Morgan fingerprint density at radius 2 is 1.91 bits per heavy atom. The summed E-state index contributed by atoms with van der Waals surface area (Å²) in [6, 6.07) is 13.9. The number of nitrogens with zero attached hydrogens (tertiary/aromatic N) is 6. The molecule has 1 aromatic carbocycles. The van der Waals surface area contributed by atoms with Gasteiger partial charge in [-0.2, -0.15) is 0 Å². The number of carbonyl (C=O) groups excluding carboxylic acids is 1. The second-order valence-electron chi connectivity index (χ2n) is 9.49. The number of aryl methyl sites for hydroxylation is 1.